The van der Waals surface area contributed by atoms with Crippen molar-refractivity contribution in [1.82, 2.24) is 13.7 Å². The summed E-state index contributed by atoms with van der Waals surface area (Å²) in [4.78, 5) is 0. The van der Waals surface area contributed by atoms with E-state index in [9.17, 15) is 9.13 Å². The second-order valence-corrected chi connectivity index (χ2v) is 14.7. The molecule has 150 valence electrons. The molecule has 0 heterocycles. The highest BCUT2D eigenvalue weighted by Gasteiger charge is 2.56. The van der Waals surface area contributed by atoms with E-state index in [4.69, 9.17) is 16.5 Å². The second kappa shape index (κ2) is 7.01. The number of rotatable bonds is 8. The lowest BCUT2D eigenvalue weighted by Gasteiger charge is -2.44. The van der Waals surface area contributed by atoms with Gasteiger partial charge in [-0.25, -0.2) is 5.09 Å². The molecule has 8 nitrogen and oxygen atoms in total. The van der Waals surface area contributed by atoms with Gasteiger partial charge in [-0.15, -0.1) is 0 Å². The summed E-state index contributed by atoms with van der Waals surface area (Å²) in [6, 6.07) is 0. The monoisotopic (exact) mass is 440 g/mol. The summed E-state index contributed by atoms with van der Waals surface area (Å²) in [7, 11) is -4.29. The van der Waals surface area contributed by atoms with E-state index in [2.05, 4.69) is 9.58 Å². The summed E-state index contributed by atoms with van der Waals surface area (Å²) < 4.78 is 29.8. The summed E-state index contributed by atoms with van der Waals surface area (Å²) in [6.07, 6.45) is 11.0. The number of hydrogen-bond donors (Lipinski definition) is 5. The van der Waals surface area contributed by atoms with Gasteiger partial charge in [0.15, 0.2) is 0 Å². The van der Waals surface area contributed by atoms with Crippen LogP contribution < -0.4 is 26.1 Å². The Balaban J connectivity index is 1.53. The molecule has 0 radical (unpaired) electrons. The average molecular weight is 441 g/mol. The molecule has 4 saturated carbocycles. The van der Waals surface area contributed by atoms with Crippen LogP contribution in [0.15, 0.2) is 0 Å². The van der Waals surface area contributed by atoms with Crippen LogP contribution >= 0.6 is 37.1 Å². The lowest BCUT2D eigenvalue weighted by molar-refractivity contribution is 0.279. The van der Waals surface area contributed by atoms with Gasteiger partial charge in [0.25, 0.3) is 15.2 Å². The van der Waals surface area contributed by atoms with E-state index in [0.29, 0.717) is 5.92 Å². The molecule has 26 heavy (non-hydrogen) atoms. The number of hydrogen-bond acceptors (Lipinski definition) is 4. The Bertz CT molecular complexity index is 645. The van der Waals surface area contributed by atoms with Crippen LogP contribution in [0, 0.1) is 11.8 Å². The van der Waals surface area contributed by atoms with Gasteiger partial charge in [0.05, 0.1) is 0 Å². The summed E-state index contributed by atoms with van der Waals surface area (Å²) >= 11 is 0. The van der Waals surface area contributed by atoms with E-state index in [0.717, 1.165) is 68.3 Å². The van der Waals surface area contributed by atoms with Crippen molar-refractivity contribution in [3.63, 3.8) is 0 Å². The molecule has 1 unspecified atom stereocenters. The van der Waals surface area contributed by atoms with Crippen LogP contribution in [0.25, 0.3) is 0 Å². The molecule has 0 aliphatic heterocycles. The quantitative estimate of drug-likeness (QED) is 0.217. The van der Waals surface area contributed by atoms with Crippen molar-refractivity contribution in [2.45, 2.75) is 75.3 Å². The van der Waals surface area contributed by atoms with Gasteiger partial charge in [-0.2, -0.15) is 8.57 Å². The van der Waals surface area contributed by atoms with Crippen LogP contribution in [-0.4, -0.2) is 15.2 Å². The molecule has 0 aromatic heterocycles. The molecule has 8 N–H and O–H groups in total. The zero-order valence-electron chi connectivity index (χ0n) is 14.9. The van der Waals surface area contributed by atoms with Gasteiger partial charge in [0.2, 0.25) is 0 Å². The Kier molecular flexibility index (Phi) is 5.45. The third kappa shape index (κ3) is 3.97. The first kappa shape index (κ1) is 20.2. The Morgan fingerprint density at radius 1 is 0.923 bits per heavy atom. The zero-order chi connectivity index (χ0) is 18.6. The molecule has 4 bridgehead atoms. The Morgan fingerprint density at radius 2 is 1.50 bits per heavy atom. The summed E-state index contributed by atoms with van der Waals surface area (Å²) in [5, 5.41) is 3.43. The van der Waals surface area contributed by atoms with Gasteiger partial charge in [0.1, 0.15) is 0 Å². The molecule has 4 fully saturated rings. The van der Waals surface area contributed by atoms with E-state index in [1.54, 1.807) is 0 Å². The van der Waals surface area contributed by atoms with E-state index in [1.165, 1.54) is 23.8 Å². The highest BCUT2D eigenvalue weighted by molar-refractivity contribution is 8.76. The lowest BCUT2D eigenvalue weighted by Crippen LogP contribution is -2.49. The van der Waals surface area contributed by atoms with Crippen LogP contribution in [0.4, 0.5) is 0 Å². The molecular formula is C14H30N6O2P2S2. The first-order chi connectivity index (χ1) is 12.1. The Hall–Kier alpha value is 0.920. The minimum absolute atomic E-state index is 0.0733. The van der Waals surface area contributed by atoms with Crippen molar-refractivity contribution in [2.75, 3.05) is 0 Å². The van der Waals surface area contributed by atoms with Crippen molar-refractivity contribution in [3.05, 3.63) is 0 Å². The maximum Gasteiger partial charge on any atom is 0.290 e. The van der Waals surface area contributed by atoms with Crippen LogP contribution in [-0.2, 0) is 9.13 Å². The van der Waals surface area contributed by atoms with Crippen molar-refractivity contribution >= 4 is 37.1 Å². The summed E-state index contributed by atoms with van der Waals surface area (Å²) in [6.45, 7) is 0. The molecule has 0 aromatic rings. The summed E-state index contributed by atoms with van der Waals surface area (Å²) in [5.74, 6) is 1.45. The van der Waals surface area contributed by atoms with Crippen LogP contribution in [0.1, 0.15) is 64.2 Å². The molecule has 0 spiro atoms. The van der Waals surface area contributed by atoms with E-state index in [-0.39, 0.29) is 11.1 Å². The fourth-order valence-corrected chi connectivity index (χ4v) is 12.5. The molecule has 0 saturated heterocycles. The smallest absolute Gasteiger partial charge is 0.271 e. The van der Waals surface area contributed by atoms with Crippen molar-refractivity contribution in [2.24, 2.45) is 28.3 Å². The normalized spacial score (nSPS) is 41.2. The molecule has 4 aliphatic rings. The minimum Gasteiger partial charge on any atom is -0.271 e. The molecule has 0 amide bonds. The number of nitrogens with two attached hydrogens (primary N) is 3. The summed E-state index contributed by atoms with van der Waals surface area (Å²) in [5.41, 5.74) is 17.1. The van der Waals surface area contributed by atoms with Crippen LogP contribution in [0.3, 0.4) is 0 Å². The van der Waals surface area contributed by atoms with Gasteiger partial charge in [0, 0.05) is 33.0 Å². The highest BCUT2D eigenvalue weighted by Crippen LogP contribution is 2.64. The van der Waals surface area contributed by atoms with Gasteiger partial charge >= 0.3 is 0 Å². The number of fused-ring (bicyclic) bond motifs is 4. The predicted octanol–water partition coefficient (Wildman–Crippen LogP) is 3.44. The fourth-order valence-electron chi connectivity index (χ4n) is 5.72. The minimum atomic E-state index is -3.35. The maximum atomic E-state index is 13.8. The first-order valence-electron chi connectivity index (χ1n) is 9.38. The van der Waals surface area contributed by atoms with Gasteiger partial charge in [-0.3, -0.25) is 25.6 Å². The Morgan fingerprint density at radius 3 is 1.96 bits per heavy atom. The zero-order valence-corrected chi connectivity index (χ0v) is 18.4. The van der Waals surface area contributed by atoms with Crippen molar-refractivity contribution in [1.29, 1.82) is 0 Å². The van der Waals surface area contributed by atoms with Gasteiger partial charge < -0.3 is 0 Å². The van der Waals surface area contributed by atoms with E-state index < -0.39 is 15.2 Å². The topological polar surface area (TPSA) is 140 Å². The molecule has 0 aromatic carbocycles. The second-order valence-electron chi connectivity index (χ2n) is 8.77. The lowest BCUT2D eigenvalue weighted by atomic mass is 9.95. The van der Waals surface area contributed by atoms with E-state index in [1.807, 2.05) is 4.08 Å². The van der Waals surface area contributed by atoms with Crippen molar-refractivity contribution in [3.8, 4) is 0 Å². The standard InChI is InChI=1S/C14H30N6O2P2S2/c15-23(16,21)19-25-26-20(14-7-3-12(10-14)4-8-14)24(17,22)18-13-5-1-11(9-13)2-6-13/h11-12H,1-10H2,(H3,17,18,22)(H5,15,16,19,21). The van der Waals surface area contributed by atoms with Crippen molar-refractivity contribution < 1.29 is 9.13 Å². The largest absolute Gasteiger partial charge is 0.290 e. The van der Waals surface area contributed by atoms with Gasteiger partial charge in [-0.1, -0.05) is 0 Å². The SMILES string of the molecule is NP(N)(=O)NSSN(C12CCC(CC1)C2)P(N)(=O)NC12CCC(CC1)C2. The molecule has 12 heteroatoms. The molecular weight excluding hydrogens is 410 g/mol. The average Bonchev–Trinajstić information content (AvgIpc) is 3.29. The molecule has 4 rings (SSSR count). The van der Waals surface area contributed by atoms with Crippen LogP contribution in [0.5, 0.6) is 0 Å². The Labute approximate surface area is 163 Å². The third-order valence-electron chi connectivity index (χ3n) is 6.81. The van der Waals surface area contributed by atoms with E-state index >= 15 is 0 Å². The first-order valence-corrected chi connectivity index (χ1v) is 15.1. The van der Waals surface area contributed by atoms with Gasteiger partial charge in [-0.05, 0) is 76.0 Å². The molecule has 4 aliphatic carbocycles. The van der Waals surface area contributed by atoms with Crippen LogP contribution in [0.2, 0.25) is 0 Å². The third-order valence-corrected chi connectivity index (χ3v) is 13.3. The number of nitrogens with zero attached hydrogens (tertiary/aromatic N) is 1. The predicted molar refractivity (Wildman–Crippen MR) is 110 cm³/mol. The number of nitrogens with one attached hydrogen (secondary N) is 2. The highest BCUT2D eigenvalue weighted by atomic mass is 33.1. The fraction of sp³-hybridized carbons (Fsp3) is 1.00. The maximum absolute atomic E-state index is 13.8. The molecule has 1 atom stereocenters.